The zero-order valence-corrected chi connectivity index (χ0v) is 11.4. The molecule has 3 rings (SSSR count). The van der Waals surface area contributed by atoms with Gasteiger partial charge in [0, 0.05) is 11.6 Å². The van der Waals surface area contributed by atoms with Crippen LogP contribution in [0.4, 0.5) is 15.8 Å². The van der Waals surface area contributed by atoms with Crippen LogP contribution in [0.15, 0.2) is 36.7 Å². The number of benzene rings is 1. The van der Waals surface area contributed by atoms with Crippen molar-refractivity contribution < 1.29 is 9.18 Å². The van der Waals surface area contributed by atoms with Gasteiger partial charge in [0.2, 0.25) is 0 Å². The topological polar surface area (TPSA) is 83.8 Å². The number of anilines is 2. The number of nitrogens with zero attached hydrogens (tertiary/aromatic N) is 1. The molecule has 0 radical (unpaired) electrons. The van der Waals surface area contributed by atoms with Crippen molar-refractivity contribution in [2.45, 2.75) is 0 Å². The summed E-state index contributed by atoms with van der Waals surface area (Å²) in [6.07, 6.45) is 3.20. The lowest BCUT2D eigenvalue weighted by Gasteiger charge is -2.09. The SMILES string of the molecule is Nc1ccc(Cl)c(C(=O)Nc2cnc3[nH]ccc3c2)c1F. The summed E-state index contributed by atoms with van der Waals surface area (Å²) in [4.78, 5) is 19.2. The number of halogens is 2. The van der Waals surface area contributed by atoms with Crippen LogP contribution in [0.25, 0.3) is 11.0 Å². The summed E-state index contributed by atoms with van der Waals surface area (Å²) < 4.78 is 13.9. The maximum Gasteiger partial charge on any atom is 0.260 e. The molecule has 2 heterocycles. The maximum absolute atomic E-state index is 13.9. The third-order valence-corrected chi connectivity index (χ3v) is 3.32. The third kappa shape index (κ3) is 2.41. The number of aromatic nitrogens is 2. The monoisotopic (exact) mass is 304 g/mol. The van der Waals surface area contributed by atoms with E-state index in [2.05, 4.69) is 15.3 Å². The smallest absolute Gasteiger partial charge is 0.260 e. The number of carbonyl (C=O) groups excluding carboxylic acids is 1. The van der Waals surface area contributed by atoms with E-state index in [1.165, 1.54) is 18.3 Å². The number of amides is 1. The van der Waals surface area contributed by atoms with Crippen molar-refractivity contribution in [1.82, 2.24) is 9.97 Å². The number of nitrogens with one attached hydrogen (secondary N) is 2. The largest absolute Gasteiger partial charge is 0.396 e. The van der Waals surface area contributed by atoms with Gasteiger partial charge in [0.1, 0.15) is 5.65 Å². The molecule has 0 aliphatic rings. The van der Waals surface area contributed by atoms with Crippen molar-refractivity contribution in [3.63, 3.8) is 0 Å². The number of H-pyrrole nitrogens is 1. The summed E-state index contributed by atoms with van der Waals surface area (Å²) in [5, 5.41) is 3.37. The molecule has 1 amide bonds. The molecular weight excluding hydrogens is 295 g/mol. The van der Waals surface area contributed by atoms with Crippen molar-refractivity contribution in [2.75, 3.05) is 11.1 Å². The minimum absolute atomic E-state index is 0.00474. The lowest BCUT2D eigenvalue weighted by atomic mass is 10.1. The van der Waals surface area contributed by atoms with E-state index in [9.17, 15) is 9.18 Å². The Bertz CT molecular complexity index is 846. The number of rotatable bonds is 2. The van der Waals surface area contributed by atoms with E-state index in [-0.39, 0.29) is 16.3 Å². The Hall–Kier alpha value is -2.60. The summed E-state index contributed by atoms with van der Waals surface area (Å²) in [5.41, 5.74) is 6.16. The molecule has 4 N–H and O–H groups in total. The fourth-order valence-corrected chi connectivity index (χ4v) is 2.21. The van der Waals surface area contributed by atoms with Crippen LogP contribution in [-0.2, 0) is 0 Å². The summed E-state index contributed by atoms with van der Waals surface area (Å²) in [5.74, 6) is -1.52. The number of hydrogen-bond donors (Lipinski definition) is 3. The van der Waals surface area contributed by atoms with Gasteiger partial charge in [-0.05, 0) is 24.3 Å². The Labute approximate surface area is 123 Å². The van der Waals surface area contributed by atoms with Crippen molar-refractivity contribution in [1.29, 1.82) is 0 Å². The third-order valence-electron chi connectivity index (χ3n) is 3.01. The molecule has 0 unspecified atom stereocenters. The molecule has 3 aromatic rings. The highest BCUT2D eigenvalue weighted by atomic mass is 35.5. The standard InChI is InChI=1S/C14H10ClFN4O/c15-9-1-2-10(17)12(16)11(9)14(21)20-8-5-7-3-4-18-13(7)19-6-8/h1-6H,17H2,(H,18,19)(H,20,21). The van der Waals surface area contributed by atoms with Crippen molar-refractivity contribution in [3.8, 4) is 0 Å². The summed E-state index contributed by atoms with van der Waals surface area (Å²) in [6.45, 7) is 0. The van der Waals surface area contributed by atoms with E-state index < -0.39 is 11.7 Å². The van der Waals surface area contributed by atoms with Gasteiger partial charge in [-0.15, -0.1) is 0 Å². The quantitative estimate of drug-likeness (QED) is 0.636. The van der Waals surface area contributed by atoms with E-state index in [1.54, 1.807) is 12.3 Å². The lowest BCUT2D eigenvalue weighted by molar-refractivity contribution is 0.102. The second kappa shape index (κ2) is 5.06. The van der Waals surface area contributed by atoms with Crippen LogP contribution in [0.2, 0.25) is 5.02 Å². The number of carbonyl (C=O) groups is 1. The van der Waals surface area contributed by atoms with Crippen molar-refractivity contribution in [3.05, 3.63) is 53.1 Å². The molecule has 0 atom stereocenters. The van der Waals surface area contributed by atoms with Crippen molar-refractivity contribution >= 4 is 39.9 Å². The van der Waals surface area contributed by atoms with Gasteiger partial charge >= 0.3 is 0 Å². The van der Waals surface area contributed by atoms with Gasteiger partial charge in [-0.25, -0.2) is 9.37 Å². The van der Waals surface area contributed by atoms with Gasteiger partial charge in [0.05, 0.1) is 28.2 Å². The minimum atomic E-state index is -0.837. The first kappa shape index (κ1) is 13.4. The first-order valence-electron chi connectivity index (χ1n) is 6.04. The van der Waals surface area contributed by atoms with Gasteiger partial charge in [-0.1, -0.05) is 11.6 Å². The van der Waals surface area contributed by atoms with Crippen LogP contribution in [0.5, 0.6) is 0 Å². The molecule has 0 fully saturated rings. The van der Waals surface area contributed by atoms with Crippen LogP contribution in [0, 0.1) is 5.82 Å². The molecule has 0 saturated heterocycles. The van der Waals surface area contributed by atoms with Crippen LogP contribution in [-0.4, -0.2) is 15.9 Å². The fraction of sp³-hybridized carbons (Fsp3) is 0. The van der Waals surface area contributed by atoms with Crippen LogP contribution >= 0.6 is 11.6 Å². The predicted octanol–water partition coefficient (Wildman–Crippen LogP) is 3.19. The molecule has 0 aliphatic heterocycles. The Morgan fingerprint density at radius 1 is 1.38 bits per heavy atom. The van der Waals surface area contributed by atoms with E-state index in [0.29, 0.717) is 11.3 Å². The molecular formula is C14H10ClFN4O. The summed E-state index contributed by atoms with van der Waals surface area (Å²) in [6, 6.07) is 6.21. The molecule has 7 heteroatoms. The average molecular weight is 305 g/mol. The van der Waals surface area contributed by atoms with Crippen molar-refractivity contribution in [2.24, 2.45) is 0 Å². The molecule has 5 nitrogen and oxygen atoms in total. The summed E-state index contributed by atoms with van der Waals surface area (Å²) >= 11 is 5.86. The first-order valence-corrected chi connectivity index (χ1v) is 6.42. The van der Waals surface area contributed by atoms with E-state index in [0.717, 1.165) is 5.39 Å². The number of hydrogen-bond acceptors (Lipinski definition) is 3. The van der Waals surface area contributed by atoms with Crippen LogP contribution in [0.3, 0.4) is 0 Å². The lowest BCUT2D eigenvalue weighted by Crippen LogP contribution is -2.15. The number of nitrogen functional groups attached to an aromatic ring is 1. The van der Waals surface area contributed by atoms with Gasteiger partial charge in [0.15, 0.2) is 5.82 Å². The van der Waals surface area contributed by atoms with Gasteiger partial charge < -0.3 is 16.0 Å². The minimum Gasteiger partial charge on any atom is -0.396 e. The number of aromatic amines is 1. The second-order valence-corrected chi connectivity index (χ2v) is 4.83. The zero-order valence-electron chi connectivity index (χ0n) is 10.7. The van der Waals surface area contributed by atoms with Gasteiger partial charge in [0.25, 0.3) is 5.91 Å². The number of pyridine rings is 1. The van der Waals surface area contributed by atoms with Gasteiger partial charge in [-0.2, -0.15) is 0 Å². The fourth-order valence-electron chi connectivity index (χ4n) is 1.98. The molecule has 0 saturated carbocycles. The van der Waals surface area contributed by atoms with Crippen LogP contribution in [0.1, 0.15) is 10.4 Å². The van der Waals surface area contributed by atoms with Crippen LogP contribution < -0.4 is 11.1 Å². The molecule has 1 aromatic carbocycles. The molecule has 0 spiro atoms. The molecule has 0 bridgehead atoms. The molecule has 106 valence electrons. The van der Waals surface area contributed by atoms with E-state index >= 15 is 0 Å². The van der Waals surface area contributed by atoms with E-state index in [1.807, 2.05) is 6.07 Å². The molecule has 0 aliphatic carbocycles. The zero-order chi connectivity index (χ0) is 15.0. The second-order valence-electron chi connectivity index (χ2n) is 4.42. The maximum atomic E-state index is 13.9. The Kier molecular flexibility index (Phi) is 3.23. The van der Waals surface area contributed by atoms with Gasteiger partial charge in [-0.3, -0.25) is 4.79 Å². The highest BCUT2D eigenvalue weighted by molar-refractivity contribution is 6.34. The Morgan fingerprint density at radius 2 is 2.19 bits per heavy atom. The Morgan fingerprint density at radius 3 is 3.00 bits per heavy atom. The molecule has 2 aromatic heterocycles. The average Bonchev–Trinajstić information content (AvgIpc) is 2.91. The highest BCUT2D eigenvalue weighted by Gasteiger charge is 2.18. The number of fused-ring (bicyclic) bond motifs is 1. The molecule has 21 heavy (non-hydrogen) atoms. The first-order chi connectivity index (χ1) is 10.1. The number of nitrogens with two attached hydrogens (primary N) is 1. The highest BCUT2D eigenvalue weighted by Crippen LogP contribution is 2.25. The Balaban J connectivity index is 1.94. The predicted molar refractivity (Wildman–Crippen MR) is 79.9 cm³/mol. The summed E-state index contributed by atoms with van der Waals surface area (Å²) in [7, 11) is 0. The van der Waals surface area contributed by atoms with E-state index in [4.69, 9.17) is 17.3 Å². The normalized spacial score (nSPS) is 10.8.